The summed E-state index contributed by atoms with van der Waals surface area (Å²) < 4.78 is 13.4. The average molecular weight is 249 g/mol. The van der Waals surface area contributed by atoms with Gasteiger partial charge < -0.3 is 5.73 Å². The molecule has 4 heteroatoms. The monoisotopic (exact) mass is 249 g/mol. The van der Waals surface area contributed by atoms with Gasteiger partial charge in [-0.3, -0.25) is 4.79 Å². The number of nitrogens with two attached hydrogens (primary N) is 1. The normalized spacial score (nSPS) is 12.4. The van der Waals surface area contributed by atoms with Gasteiger partial charge in [-0.05, 0) is 30.0 Å². The van der Waals surface area contributed by atoms with E-state index in [1.165, 1.54) is 17.4 Å². The molecule has 0 aliphatic carbocycles. The Kier molecular flexibility index (Phi) is 3.36. The molecular weight excluding hydrogens is 237 g/mol. The zero-order valence-corrected chi connectivity index (χ0v) is 10.1. The van der Waals surface area contributed by atoms with Crippen molar-refractivity contribution < 1.29 is 9.18 Å². The van der Waals surface area contributed by atoms with Crippen LogP contribution in [0.2, 0.25) is 0 Å². The van der Waals surface area contributed by atoms with Crippen molar-refractivity contribution in [2.24, 2.45) is 5.73 Å². The van der Waals surface area contributed by atoms with Gasteiger partial charge in [0.05, 0.1) is 0 Å². The molecule has 0 aliphatic rings. The minimum absolute atomic E-state index is 0.258. The molecule has 0 aliphatic heterocycles. The van der Waals surface area contributed by atoms with Gasteiger partial charge in [0, 0.05) is 10.4 Å². The number of carbonyl (C=O) groups is 1. The first kappa shape index (κ1) is 12.0. The maximum absolute atomic E-state index is 13.4. The third-order valence-electron chi connectivity index (χ3n) is 2.59. The standard InChI is InChI=1S/C13H12FNOS/c1-8-4-5-9(7-10(8)14)13(16)12(15)11-3-2-6-17-11/h2-7,12H,15H2,1H3. The van der Waals surface area contributed by atoms with Crippen molar-refractivity contribution in [2.75, 3.05) is 0 Å². The number of rotatable bonds is 3. The van der Waals surface area contributed by atoms with E-state index in [0.29, 0.717) is 11.1 Å². The molecule has 1 aromatic carbocycles. The lowest BCUT2D eigenvalue weighted by molar-refractivity contribution is 0.0962. The van der Waals surface area contributed by atoms with Gasteiger partial charge in [-0.25, -0.2) is 4.39 Å². The van der Waals surface area contributed by atoms with Crippen molar-refractivity contribution in [3.63, 3.8) is 0 Å². The number of ketones is 1. The van der Waals surface area contributed by atoms with Gasteiger partial charge in [0.2, 0.25) is 0 Å². The van der Waals surface area contributed by atoms with Gasteiger partial charge >= 0.3 is 0 Å². The zero-order valence-electron chi connectivity index (χ0n) is 9.31. The van der Waals surface area contributed by atoms with Crippen LogP contribution in [0.15, 0.2) is 35.7 Å². The molecule has 2 rings (SSSR count). The largest absolute Gasteiger partial charge is 0.317 e. The third kappa shape index (κ3) is 2.43. The Labute approximate surface area is 103 Å². The fourth-order valence-electron chi connectivity index (χ4n) is 1.52. The van der Waals surface area contributed by atoms with Crippen molar-refractivity contribution >= 4 is 17.1 Å². The molecule has 0 saturated heterocycles. The number of Topliss-reactive ketones (excluding diaryl/α,β-unsaturated/α-hetero) is 1. The molecular formula is C13H12FNOS. The summed E-state index contributed by atoms with van der Waals surface area (Å²) in [6, 6.07) is 7.36. The number of hydrogen-bond acceptors (Lipinski definition) is 3. The molecule has 2 aromatic rings. The second-order valence-corrected chi connectivity index (χ2v) is 4.80. The van der Waals surface area contributed by atoms with Crippen LogP contribution in [0.1, 0.15) is 26.8 Å². The van der Waals surface area contributed by atoms with E-state index in [9.17, 15) is 9.18 Å². The number of aryl methyl sites for hydroxylation is 1. The maximum atomic E-state index is 13.4. The molecule has 2 nitrogen and oxygen atoms in total. The molecule has 0 fully saturated rings. The Hall–Kier alpha value is -1.52. The van der Waals surface area contributed by atoms with Gasteiger partial charge in [-0.15, -0.1) is 11.3 Å². The van der Waals surface area contributed by atoms with Crippen LogP contribution in [-0.4, -0.2) is 5.78 Å². The van der Waals surface area contributed by atoms with Crippen LogP contribution in [0, 0.1) is 12.7 Å². The Balaban J connectivity index is 2.28. The van der Waals surface area contributed by atoms with Gasteiger partial charge in [-0.2, -0.15) is 0 Å². The van der Waals surface area contributed by atoms with E-state index in [4.69, 9.17) is 5.73 Å². The molecule has 88 valence electrons. The number of benzene rings is 1. The van der Waals surface area contributed by atoms with E-state index in [2.05, 4.69) is 0 Å². The third-order valence-corrected chi connectivity index (χ3v) is 3.54. The van der Waals surface area contributed by atoms with E-state index in [-0.39, 0.29) is 11.6 Å². The summed E-state index contributed by atoms with van der Waals surface area (Å²) >= 11 is 1.42. The predicted octanol–water partition coefficient (Wildman–Crippen LogP) is 3.08. The molecule has 1 unspecified atom stereocenters. The molecule has 0 radical (unpaired) electrons. The molecule has 0 spiro atoms. The van der Waals surface area contributed by atoms with Crippen LogP contribution < -0.4 is 5.73 Å². The fraction of sp³-hybridized carbons (Fsp3) is 0.154. The highest BCUT2D eigenvalue weighted by atomic mass is 32.1. The second-order valence-electron chi connectivity index (χ2n) is 3.82. The van der Waals surface area contributed by atoms with Crippen LogP contribution in [0.25, 0.3) is 0 Å². The lowest BCUT2D eigenvalue weighted by atomic mass is 10.0. The number of halogens is 1. The van der Waals surface area contributed by atoms with Gasteiger partial charge in [-0.1, -0.05) is 18.2 Å². The molecule has 0 saturated carbocycles. The minimum atomic E-state index is -0.711. The van der Waals surface area contributed by atoms with Gasteiger partial charge in [0.15, 0.2) is 5.78 Å². The topological polar surface area (TPSA) is 43.1 Å². The summed E-state index contributed by atoms with van der Waals surface area (Å²) in [6.45, 7) is 1.66. The highest BCUT2D eigenvalue weighted by Gasteiger charge is 2.19. The molecule has 2 N–H and O–H groups in total. The van der Waals surface area contributed by atoms with Crippen LogP contribution >= 0.6 is 11.3 Å². The summed E-state index contributed by atoms with van der Waals surface area (Å²) in [7, 11) is 0. The lowest BCUT2D eigenvalue weighted by Crippen LogP contribution is -2.20. The van der Waals surface area contributed by atoms with E-state index < -0.39 is 6.04 Å². The van der Waals surface area contributed by atoms with Crippen molar-refractivity contribution in [3.8, 4) is 0 Å². The average Bonchev–Trinajstić information content (AvgIpc) is 2.84. The molecule has 17 heavy (non-hydrogen) atoms. The van der Waals surface area contributed by atoms with Gasteiger partial charge in [0.25, 0.3) is 0 Å². The van der Waals surface area contributed by atoms with Crippen LogP contribution in [0.5, 0.6) is 0 Å². The van der Waals surface area contributed by atoms with Gasteiger partial charge in [0.1, 0.15) is 11.9 Å². The molecule has 1 heterocycles. The molecule has 1 aromatic heterocycles. The highest BCUT2D eigenvalue weighted by molar-refractivity contribution is 7.10. The smallest absolute Gasteiger partial charge is 0.184 e. The van der Waals surface area contributed by atoms with E-state index in [1.54, 1.807) is 25.1 Å². The first-order valence-corrected chi connectivity index (χ1v) is 6.07. The molecule has 0 amide bonds. The minimum Gasteiger partial charge on any atom is -0.317 e. The predicted molar refractivity (Wildman–Crippen MR) is 66.7 cm³/mol. The van der Waals surface area contributed by atoms with Crippen molar-refractivity contribution in [2.45, 2.75) is 13.0 Å². The van der Waals surface area contributed by atoms with E-state index >= 15 is 0 Å². The lowest BCUT2D eigenvalue weighted by Gasteiger charge is -2.09. The SMILES string of the molecule is Cc1ccc(C(=O)C(N)c2cccs2)cc1F. The van der Waals surface area contributed by atoms with Crippen molar-refractivity contribution in [1.82, 2.24) is 0 Å². The zero-order chi connectivity index (χ0) is 12.4. The summed E-state index contributed by atoms with van der Waals surface area (Å²) in [5.74, 6) is -0.638. The van der Waals surface area contributed by atoms with E-state index in [1.807, 2.05) is 11.4 Å². The van der Waals surface area contributed by atoms with E-state index in [0.717, 1.165) is 4.88 Å². The first-order valence-electron chi connectivity index (χ1n) is 5.19. The second kappa shape index (κ2) is 4.77. The summed E-state index contributed by atoms with van der Waals surface area (Å²) in [5.41, 5.74) is 6.68. The quantitative estimate of drug-likeness (QED) is 0.849. The Morgan fingerprint density at radius 3 is 2.76 bits per heavy atom. The molecule has 0 bridgehead atoms. The summed E-state index contributed by atoms with van der Waals surface area (Å²) in [6.07, 6.45) is 0. The first-order chi connectivity index (χ1) is 8.09. The summed E-state index contributed by atoms with van der Waals surface area (Å²) in [5, 5.41) is 1.86. The number of carbonyl (C=O) groups excluding carboxylic acids is 1. The molecule has 1 atom stereocenters. The van der Waals surface area contributed by atoms with Crippen LogP contribution in [-0.2, 0) is 0 Å². The van der Waals surface area contributed by atoms with Crippen molar-refractivity contribution in [3.05, 3.63) is 57.5 Å². The Morgan fingerprint density at radius 2 is 2.18 bits per heavy atom. The van der Waals surface area contributed by atoms with Crippen LogP contribution in [0.4, 0.5) is 4.39 Å². The Bertz CT molecular complexity index is 536. The highest BCUT2D eigenvalue weighted by Crippen LogP contribution is 2.21. The maximum Gasteiger partial charge on any atom is 0.184 e. The summed E-state index contributed by atoms with van der Waals surface area (Å²) in [4.78, 5) is 12.8. The number of hydrogen-bond donors (Lipinski definition) is 1. The fourth-order valence-corrected chi connectivity index (χ4v) is 2.25. The van der Waals surface area contributed by atoms with Crippen LogP contribution in [0.3, 0.4) is 0 Å². The Morgan fingerprint density at radius 1 is 1.41 bits per heavy atom. The van der Waals surface area contributed by atoms with Crippen molar-refractivity contribution in [1.29, 1.82) is 0 Å². The number of thiophene rings is 1.